The summed E-state index contributed by atoms with van der Waals surface area (Å²) in [5, 5.41) is 5.19. The van der Waals surface area contributed by atoms with E-state index in [1.165, 1.54) is 5.56 Å². The minimum atomic E-state index is 0.952. The Balaban J connectivity index is 2.10. The van der Waals surface area contributed by atoms with Gasteiger partial charge in [0, 0.05) is 18.3 Å². The van der Waals surface area contributed by atoms with Crippen LogP contribution < -0.4 is 9.88 Å². The quantitative estimate of drug-likeness (QED) is 0.759. The highest BCUT2D eigenvalue weighted by molar-refractivity contribution is 7.07. The molecule has 0 spiro atoms. The fourth-order valence-corrected chi connectivity index (χ4v) is 1.94. The van der Waals surface area contributed by atoms with E-state index in [2.05, 4.69) is 51.2 Å². The van der Waals surface area contributed by atoms with Crippen LogP contribution in [0.4, 0.5) is 5.69 Å². The summed E-state index contributed by atoms with van der Waals surface area (Å²) in [5.41, 5.74) is 4.60. The van der Waals surface area contributed by atoms with Crippen LogP contribution in [0.3, 0.4) is 0 Å². The van der Waals surface area contributed by atoms with Crippen LogP contribution in [0.25, 0.3) is 0 Å². The largest absolute Gasteiger partial charge is 0.388 e. The van der Waals surface area contributed by atoms with E-state index in [1.54, 1.807) is 11.3 Å². The second-order valence-corrected chi connectivity index (χ2v) is 3.90. The Morgan fingerprint density at radius 2 is 2.07 bits per heavy atom. The first-order chi connectivity index (χ1) is 6.88. The first kappa shape index (κ1) is 9.21. The van der Waals surface area contributed by atoms with Crippen molar-refractivity contribution in [1.29, 1.82) is 0 Å². The van der Waals surface area contributed by atoms with E-state index in [9.17, 15) is 0 Å². The van der Waals surface area contributed by atoms with Crippen LogP contribution in [0.15, 0.2) is 41.4 Å². The third kappa shape index (κ3) is 2.12. The van der Waals surface area contributed by atoms with Crippen LogP contribution in [0, 0.1) is 0 Å². The van der Waals surface area contributed by atoms with Crippen LogP contribution >= 0.6 is 11.3 Å². The Bertz CT molecular complexity index is 378. The van der Waals surface area contributed by atoms with Gasteiger partial charge >= 0.3 is 0 Å². The van der Waals surface area contributed by atoms with Crippen molar-refractivity contribution in [2.75, 3.05) is 12.4 Å². The molecule has 1 N–H and O–H groups in total. The van der Waals surface area contributed by atoms with E-state index in [-0.39, 0.29) is 0 Å². The van der Waals surface area contributed by atoms with Gasteiger partial charge in [-0.3, -0.25) is 0 Å². The van der Waals surface area contributed by atoms with Gasteiger partial charge in [0.15, 0.2) is 12.7 Å². The Labute approximate surface area is 87.8 Å². The van der Waals surface area contributed by atoms with Crippen molar-refractivity contribution in [1.82, 2.24) is 0 Å². The van der Waals surface area contributed by atoms with Gasteiger partial charge in [0.2, 0.25) is 5.51 Å². The molecule has 14 heavy (non-hydrogen) atoms. The molecule has 2 rings (SSSR count). The molecular weight excluding hydrogens is 192 g/mol. The van der Waals surface area contributed by atoms with E-state index in [1.807, 2.05) is 7.05 Å². The Morgan fingerprint density at radius 3 is 2.64 bits per heavy atom. The number of aromatic nitrogens is 1. The topological polar surface area (TPSA) is 15.9 Å². The van der Waals surface area contributed by atoms with Gasteiger partial charge in [0.25, 0.3) is 0 Å². The molecule has 2 nitrogen and oxygen atoms in total. The summed E-state index contributed by atoms with van der Waals surface area (Å²) in [6.07, 6.45) is 2.09. The first-order valence-corrected chi connectivity index (χ1v) is 5.51. The van der Waals surface area contributed by atoms with E-state index in [0.717, 1.165) is 12.2 Å². The van der Waals surface area contributed by atoms with Crippen molar-refractivity contribution in [3.8, 4) is 0 Å². The van der Waals surface area contributed by atoms with Gasteiger partial charge in [-0.05, 0) is 12.1 Å². The molecule has 0 saturated heterocycles. The smallest absolute Gasteiger partial charge is 0.224 e. The fraction of sp³-hybridized carbons (Fsp3) is 0.182. The predicted octanol–water partition coefficient (Wildman–Crippen LogP) is 2.13. The predicted molar refractivity (Wildman–Crippen MR) is 59.6 cm³/mol. The monoisotopic (exact) mass is 205 g/mol. The molecular formula is C11H13N2S+. The summed E-state index contributed by atoms with van der Waals surface area (Å²) in [6, 6.07) is 8.50. The lowest BCUT2D eigenvalue weighted by atomic mass is 10.2. The zero-order chi connectivity index (χ0) is 9.80. The molecule has 0 fully saturated rings. The molecule has 0 aliphatic heterocycles. The highest BCUT2D eigenvalue weighted by Crippen LogP contribution is 2.08. The number of benzene rings is 1. The number of rotatable bonds is 3. The fourth-order valence-electron chi connectivity index (χ4n) is 1.34. The van der Waals surface area contributed by atoms with Crippen molar-refractivity contribution >= 4 is 17.0 Å². The Hall–Kier alpha value is -1.35. The molecule has 0 atom stereocenters. The summed E-state index contributed by atoms with van der Waals surface area (Å²) in [7, 11) is 1.93. The number of thiazole rings is 1. The van der Waals surface area contributed by atoms with Gasteiger partial charge in [-0.2, -0.15) is 4.57 Å². The molecule has 3 heteroatoms. The summed E-state index contributed by atoms with van der Waals surface area (Å²) in [4.78, 5) is 0. The number of anilines is 1. The van der Waals surface area contributed by atoms with E-state index in [4.69, 9.17) is 0 Å². The Morgan fingerprint density at radius 1 is 1.29 bits per heavy atom. The maximum Gasteiger partial charge on any atom is 0.224 e. The lowest BCUT2D eigenvalue weighted by Gasteiger charge is -1.99. The molecule has 0 bridgehead atoms. The van der Waals surface area contributed by atoms with Gasteiger partial charge in [0.05, 0.1) is 5.38 Å². The average Bonchev–Trinajstić information content (AvgIpc) is 2.72. The SMILES string of the molecule is CNc1ccc(C[n+]2ccsc2)cc1. The summed E-state index contributed by atoms with van der Waals surface area (Å²) in [6.45, 7) is 0.952. The highest BCUT2D eigenvalue weighted by atomic mass is 32.1. The summed E-state index contributed by atoms with van der Waals surface area (Å²) >= 11 is 1.72. The number of hydrogen-bond donors (Lipinski definition) is 1. The molecule has 2 aromatic rings. The van der Waals surface area contributed by atoms with Crippen molar-refractivity contribution in [2.24, 2.45) is 0 Å². The molecule has 0 radical (unpaired) electrons. The number of nitrogens with one attached hydrogen (secondary N) is 1. The lowest BCUT2D eigenvalue weighted by molar-refractivity contribution is -0.683. The van der Waals surface area contributed by atoms with E-state index < -0.39 is 0 Å². The molecule has 0 unspecified atom stereocenters. The maximum atomic E-state index is 3.11. The van der Waals surface area contributed by atoms with Crippen molar-refractivity contribution in [3.05, 3.63) is 46.9 Å². The first-order valence-electron chi connectivity index (χ1n) is 4.56. The van der Waals surface area contributed by atoms with Gasteiger partial charge in [-0.1, -0.05) is 23.5 Å². The van der Waals surface area contributed by atoms with Gasteiger partial charge in [-0.25, -0.2) is 0 Å². The normalized spacial score (nSPS) is 10.1. The van der Waals surface area contributed by atoms with E-state index >= 15 is 0 Å². The standard InChI is InChI=1S/C11H13N2S/c1-12-11-4-2-10(3-5-11)8-13-6-7-14-9-13/h2-7,9,12H,8H2,1H3/q+1. The third-order valence-corrected chi connectivity index (χ3v) is 2.81. The average molecular weight is 205 g/mol. The zero-order valence-corrected chi connectivity index (χ0v) is 8.92. The third-order valence-electron chi connectivity index (χ3n) is 2.13. The van der Waals surface area contributed by atoms with Crippen LogP contribution in [0.5, 0.6) is 0 Å². The number of hydrogen-bond acceptors (Lipinski definition) is 2. The minimum absolute atomic E-state index is 0.952. The van der Waals surface area contributed by atoms with Crippen LogP contribution in [0.2, 0.25) is 0 Å². The van der Waals surface area contributed by atoms with Crippen LogP contribution in [-0.2, 0) is 6.54 Å². The minimum Gasteiger partial charge on any atom is -0.388 e. The van der Waals surface area contributed by atoms with Crippen LogP contribution in [0.1, 0.15) is 5.56 Å². The van der Waals surface area contributed by atoms with Crippen LogP contribution in [-0.4, -0.2) is 7.05 Å². The molecule has 0 saturated carbocycles. The molecule has 0 amide bonds. The molecule has 1 aromatic carbocycles. The van der Waals surface area contributed by atoms with Gasteiger partial charge in [-0.15, -0.1) is 0 Å². The zero-order valence-electron chi connectivity index (χ0n) is 8.10. The number of nitrogens with zero attached hydrogens (tertiary/aromatic N) is 1. The van der Waals surface area contributed by atoms with Crippen molar-refractivity contribution in [3.63, 3.8) is 0 Å². The van der Waals surface area contributed by atoms with Gasteiger partial charge < -0.3 is 5.32 Å². The highest BCUT2D eigenvalue weighted by Gasteiger charge is 2.01. The van der Waals surface area contributed by atoms with Crippen molar-refractivity contribution < 1.29 is 4.57 Å². The summed E-state index contributed by atoms with van der Waals surface area (Å²) in [5.74, 6) is 0. The molecule has 72 valence electrons. The molecule has 0 aliphatic carbocycles. The van der Waals surface area contributed by atoms with Crippen molar-refractivity contribution in [2.45, 2.75) is 6.54 Å². The second-order valence-electron chi connectivity index (χ2n) is 3.15. The Kier molecular flexibility index (Phi) is 2.79. The van der Waals surface area contributed by atoms with Gasteiger partial charge in [0.1, 0.15) is 0 Å². The molecule has 1 heterocycles. The molecule has 0 aliphatic rings. The van der Waals surface area contributed by atoms with E-state index in [0.29, 0.717) is 0 Å². The maximum absolute atomic E-state index is 3.11. The summed E-state index contributed by atoms with van der Waals surface area (Å²) < 4.78 is 2.18. The molecule has 1 aromatic heterocycles. The second kappa shape index (κ2) is 4.24. The lowest BCUT2D eigenvalue weighted by Crippen LogP contribution is -2.30.